The monoisotopic (exact) mass is 511 g/mol. The van der Waals surface area contributed by atoms with Crippen LogP contribution in [0.3, 0.4) is 0 Å². The van der Waals surface area contributed by atoms with Crippen LogP contribution >= 0.6 is 11.8 Å². The maximum absolute atomic E-state index is 12.7. The van der Waals surface area contributed by atoms with Gasteiger partial charge in [0.2, 0.25) is 5.16 Å². The van der Waals surface area contributed by atoms with Gasteiger partial charge in [0.15, 0.2) is 5.78 Å². The minimum Gasteiger partial charge on any atom is -0.481 e. The number of aryl methyl sites for hydroxylation is 1. The van der Waals surface area contributed by atoms with Gasteiger partial charge in [-0.1, -0.05) is 63.2 Å². The Balaban J connectivity index is 1.60. The van der Waals surface area contributed by atoms with Crippen molar-refractivity contribution in [3.05, 3.63) is 65.2 Å². The van der Waals surface area contributed by atoms with E-state index in [9.17, 15) is 19.5 Å². The Labute approximate surface area is 213 Å². The second-order valence-corrected chi connectivity index (χ2v) is 10.3. The van der Waals surface area contributed by atoms with E-state index >= 15 is 0 Å². The fourth-order valence-corrected chi connectivity index (χ4v) is 4.01. The first-order valence-electron chi connectivity index (χ1n) is 11.3. The fourth-order valence-electron chi connectivity index (χ4n) is 3.24. The SMILES string of the molecule is Cc1cc(C(C)(C)C)ccc1Sc1nnn(CC(=O)C(CC(=O)O)NC(=O)OCc2ccccc2)n1. The highest BCUT2D eigenvalue weighted by Crippen LogP contribution is 2.31. The molecule has 1 unspecified atom stereocenters. The standard InChI is InChI=1S/C25H29N5O5S/c1-16-12-18(25(2,3)4)10-11-21(16)36-23-27-29-30(28-23)14-20(31)19(13-22(32)33)26-24(34)35-15-17-8-6-5-7-9-17/h5-12,19H,13-15H2,1-4H3,(H,26,34)(H,32,33). The molecule has 3 rings (SSSR count). The number of alkyl carbamates (subject to hydrolysis) is 1. The molecule has 10 nitrogen and oxygen atoms in total. The van der Waals surface area contributed by atoms with Crippen LogP contribution in [0.2, 0.25) is 0 Å². The predicted octanol–water partition coefficient (Wildman–Crippen LogP) is 3.77. The molecule has 0 aliphatic rings. The molecule has 0 radical (unpaired) electrons. The van der Waals surface area contributed by atoms with Crippen molar-refractivity contribution < 1.29 is 24.2 Å². The number of hydrogen-bond donors (Lipinski definition) is 2. The first kappa shape index (κ1) is 26.9. The molecule has 0 aliphatic carbocycles. The first-order valence-corrected chi connectivity index (χ1v) is 12.1. The molecule has 0 saturated carbocycles. The van der Waals surface area contributed by atoms with Gasteiger partial charge in [-0.25, -0.2) is 4.79 Å². The van der Waals surface area contributed by atoms with Gasteiger partial charge in [0.1, 0.15) is 19.2 Å². The van der Waals surface area contributed by atoms with Gasteiger partial charge in [-0.3, -0.25) is 9.59 Å². The Kier molecular flexibility index (Phi) is 8.81. The number of rotatable bonds is 10. The van der Waals surface area contributed by atoms with Crippen molar-refractivity contribution >= 4 is 29.6 Å². The molecule has 0 bridgehead atoms. The van der Waals surface area contributed by atoms with Gasteiger partial charge in [-0.05, 0) is 52.1 Å². The lowest BCUT2D eigenvalue weighted by Crippen LogP contribution is -2.44. The van der Waals surface area contributed by atoms with Crippen molar-refractivity contribution in [2.45, 2.75) is 68.8 Å². The van der Waals surface area contributed by atoms with Crippen LogP contribution in [0, 0.1) is 6.92 Å². The number of Topliss-reactive ketones (excluding diaryl/α,β-unsaturated/α-hetero) is 1. The third-order valence-corrected chi connectivity index (χ3v) is 6.27. The number of nitrogens with zero attached hydrogens (tertiary/aromatic N) is 4. The summed E-state index contributed by atoms with van der Waals surface area (Å²) in [7, 11) is 0. The second-order valence-electron chi connectivity index (χ2n) is 9.26. The maximum Gasteiger partial charge on any atom is 0.408 e. The average Bonchev–Trinajstić information content (AvgIpc) is 3.25. The van der Waals surface area contributed by atoms with E-state index in [4.69, 9.17) is 4.74 Å². The number of carboxylic acids is 1. The number of hydrogen-bond acceptors (Lipinski definition) is 8. The van der Waals surface area contributed by atoms with Gasteiger partial charge in [-0.15, -0.1) is 10.2 Å². The van der Waals surface area contributed by atoms with E-state index in [1.165, 1.54) is 17.3 Å². The number of tetrazole rings is 1. The summed E-state index contributed by atoms with van der Waals surface area (Å²) in [6.07, 6.45) is -1.50. The molecule has 36 heavy (non-hydrogen) atoms. The summed E-state index contributed by atoms with van der Waals surface area (Å²) < 4.78 is 5.10. The largest absolute Gasteiger partial charge is 0.481 e. The van der Waals surface area contributed by atoms with Gasteiger partial charge >= 0.3 is 12.1 Å². The van der Waals surface area contributed by atoms with Crippen molar-refractivity contribution in [3.8, 4) is 0 Å². The van der Waals surface area contributed by atoms with Crippen molar-refractivity contribution in [2.75, 3.05) is 0 Å². The number of aliphatic carboxylic acids is 1. The van der Waals surface area contributed by atoms with E-state index in [2.05, 4.69) is 53.6 Å². The Morgan fingerprint density at radius 1 is 1.14 bits per heavy atom. The highest BCUT2D eigenvalue weighted by atomic mass is 32.2. The van der Waals surface area contributed by atoms with Gasteiger partial charge in [0.05, 0.1) is 6.42 Å². The van der Waals surface area contributed by atoms with Gasteiger partial charge < -0.3 is 15.2 Å². The van der Waals surface area contributed by atoms with Crippen LogP contribution in [-0.4, -0.2) is 49.2 Å². The Bertz CT molecular complexity index is 1220. The normalized spacial score (nSPS) is 12.1. The van der Waals surface area contributed by atoms with Gasteiger partial charge in [-0.2, -0.15) is 4.80 Å². The number of nitrogens with one attached hydrogen (secondary N) is 1. The minimum absolute atomic E-state index is 0.0119. The van der Waals surface area contributed by atoms with E-state index in [-0.39, 0.29) is 18.6 Å². The molecular weight excluding hydrogens is 482 g/mol. The molecule has 1 heterocycles. The minimum atomic E-state index is -1.31. The molecule has 1 aromatic heterocycles. The summed E-state index contributed by atoms with van der Waals surface area (Å²) in [6.45, 7) is 8.08. The molecule has 2 aromatic carbocycles. The van der Waals surface area contributed by atoms with Crippen LogP contribution in [0.5, 0.6) is 0 Å². The summed E-state index contributed by atoms with van der Waals surface area (Å²) in [5.74, 6) is -1.83. The first-order chi connectivity index (χ1) is 17.0. The van der Waals surface area contributed by atoms with E-state index in [0.717, 1.165) is 20.8 Å². The van der Waals surface area contributed by atoms with E-state index in [1.807, 2.05) is 19.1 Å². The van der Waals surface area contributed by atoms with Gasteiger partial charge in [0.25, 0.3) is 0 Å². The van der Waals surface area contributed by atoms with Crippen LogP contribution in [0.1, 0.15) is 43.9 Å². The van der Waals surface area contributed by atoms with Crippen LogP contribution in [0.25, 0.3) is 0 Å². The van der Waals surface area contributed by atoms with Crippen molar-refractivity contribution in [2.24, 2.45) is 0 Å². The number of carbonyl (C=O) groups excluding carboxylic acids is 2. The zero-order valence-corrected chi connectivity index (χ0v) is 21.4. The van der Waals surface area contributed by atoms with Crippen molar-refractivity contribution in [1.82, 2.24) is 25.5 Å². The smallest absolute Gasteiger partial charge is 0.408 e. The van der Waals surface area contributed by atoms with E-state index in [0.29, 0.717) is 5.16 Å². The molecule has 1 amide bonds. The molecule has 3 aromatic rings. The lowest BCUT2D eigenvalue weighted by molar-refractivity contribution is -0.139. The number of ketones is 1. The molecule has 0 spiro atoms. The highest BCUT2D eigenvalue weighted by Gasteiger charge is 2.25. The lowest BCUT2D eigenvalue weighted by Gasteiger charge is -2.20. The van der Waals surface area contributed by atoms with Crippen LogP contribution in [0.15, 0.2) is 58.6 Å². The Morgan fingerprint density at radius 3 is 2.50 bits per heavy atom. The predicted molar refractivity (Wildman–Crippen MR) is 133 cm³/mol. The topological polar surface area (TPSA) is 136 Å². The lowest BCUT2D eigenvalue weighted by atomic mass is 9.86. The quantitative estimate of drug-likeness (QED) is 0.417. The third-order valence-electron chi connectivity index (χ3n) is 5.25. The van der Waals surface area contributed by atoms with Crippen LogP contribution in [0.4, 0.5) is 4.79 Å². The summed E-state index contributed by atoms with van der Waals surface area (Å²) in [5.41, 5.74) is 3.07. The molecule has 11 heteroatoms. The number of benzene rings is 2. The molecule has 2 N–H and O–H groups in total. The fraction of sp³-hybridized carbons (Fsp3) is 0.360. The summed E-state index contributed by atoms with van der Waals surface area (Å²) >= 11 is 1.31. The van der Waals surface area contributed by atoms with E-state index < -0.39 is 30.3 Å². The molecule has 1 atom stereocenters. The molecule has 0 saturated heterocycles. The number of ether oxygens (including phenoxy) is 1. The molecular formula is C25H29N5O5S. The van der Waals surface area contributed by atoms with Crippen LogP contribution in [-0.2, 0) is 32.9 Å². The van der Waals surface area contributed by atoms with Gasteiger partial charge in [0, 0.05) is 4.90 Å². The summed E-state index contributed by atoms with van der Waals surface area (Å²) in [4.78, 5) is 38.2. The maximum atomic E-state index is 12.7. The number of aromatic nitrogens is 4. The molecule has 0 fully saturated rings. The molecule has 0 aliphatic heterocycles. The second kappa shape index (κ2) is 11.8. The average molecular weight is 512 g/mol. The number of carboxylic acid groups (broad SMARTS) is 1. The van der Waals surface area contributed by atoms with Crippen LogP contribution < -0.4 is 5.32 Å². The Morgan fingerprint density at radius 2 is 1.86 bits per heavy atom. The highest BCUT2D eigenvalue weighted by molar-refractivity contribution is 7.99. The van der Waals surface area contributed by atoms with Crippen molar-refractivity contribution in [3.63, 3.8) is 0 Å². The summed E-state index contributed by atoms with van der Waals surface area (Å²) in [5, 5.41) is 24.0. The Hall–Kier alpha value is -3.73. The zero-order valence-electron chi connectivity index (χ0n) is 20.6. The third kappa shape index (κ3) is 7.91. The summed E-state index contributed by atoms with van der Waals surface area (Å²) in [6, 6.07) is 13.9. The van der Waals surface area contributed by atoms with E-state index in [1.54, 1.807) is 24.3 Å². The zero-order chi connectivity index (χ0) is 26.3. The molecule has 190 valence electrons. The van der Waals surface area contributed by atoms with Crippen molar-refractivity contribution in [1.29, 1.82) is 0 Å². The number of carbonyl (C=O) groups is 3. The number of amides is 1.